The molecule has 0 amide bonds. The first-order valence-corrected chi connectivity index (χ1v) is 20.1. The van der Waals surface area contributed by atoms with Crippen molar-refractivity contribution in [1.29, 1.82) is 0 Å². The van der Waals surface area contributed by atoms with E-state index in [9.17, 15) is 8.42 Å². The molecule has 0 atom stereocenters. The van der Waals surface area contributed by atoms with Gasteiger partial charge in [0, 0.05) is 31.7 Å². The van der Waals surface area contributed by atoms with Crippen LogP contribution in [0.3, 0.4) is 0 Å². The fraction of sp³-hybridized carbons (Fsp3) is 0.429. The molecule has 0 radical (unpaired) electrons. The van der Waals surface area contributed by atoms with Crippen molar-refractivity contribution >= 4 is 29.0 Å². The SMILES string of the molecule is CC(C)c1cc(C(C)C)c(-c2ccccc2P(C(C)(C)C)C(C)(C)C)c(C(C)C)c1.CS(=O)(=O)O.Nc1ccccc1-c1ccccc1.[Pd]. The van der Waals surface area contributed by atoms with Crippen molar-refractivity contribution < 1.29 is 33.4 Å². The van der Waals surface area contributed by atoms with Gasteiger partial charge < -0.3 is 5.73 Å². The van der Waals surface area contributed by atoms with Crippen LogP contribution in [0.1, 0.15) is 118 Å². The number of benzene rings is 4. The number of para-hydroxylation sites is 1. The van der Waals surface area contributed by atoms with Crippen LogP contribution in [0.5, 0.6) is 0 Å². The number of rotatable bonds is 6. The van der Waals surface area contributed by atoms with E-state index < -0.39 is 10.1 Å². The molecule has 4 rings (SSSR count). The predicted molar refractivity (Wildman–Crippen MR) is 214 cm³/mol. The second kappa shape index (κ2) is 18.8. The summed E-state index contributed by atoms with van der Waals surface area (Å²) in [4.78, 5) is 0. The van der Waals surface area contributed by atoms with Crippen molar-refractivity contribution in [3.8, 4) is 22.3 Å². The largest absolute Gasteiger partial charge is 0.398 e. The predicted octanol–water partition coefficient (Wildman–Crippen LogP) is 11.9. The maximum Gasteiger partial charge on any atom is 0.261 e. The van der Waals surface area contributed by atoms with Crippen molar-refractivity contribution in [3.63, 3.8) is 0 Å². The number of anilines is 1. The monoisotopic (exact) mass is 795 g/mol. The summed E-state index contributed by atoms with van der Waals surface area (Å²) >= 11 is 0. The Morgan fingerprint density at radius 3 is 1.41 bits per heavy atom. The molecule has 0 bridgehead atoms. The standard InChI is InChI=1S/C29H45P.C12H11N.CH4O3S.Pd/c1-19(2)22-17-24(20(3)4)27(25(18-22)21(5)6)23-15-13-14-16-26(23)30(28(7,8)9)29(10,11)12;13-12-9-5-4-8-11(12)10-6-2-1-3-7-10;1-5(2,3)4;/h13-21H,1-12H3;1-9H,13H2;1H3,(H,2,3,4);. The van der Waals surface area contributed by atoms with Crippen LogP contribution >= 0.6 is 7.92 Å². The van der Waals surface area contributed by atoms with Crippen molar-refractivity contribution in [2.24, 2.45) is 0 Å². The van der Waals surface area contributed by atoms with E-state index in [1.807, 2.05) is 42.5 Å². The maximum absolute atomic E-state index is 9.19. The van der Waals surface area contributed by atoms with Crippen molar-refractivity contribution in [3.05, 3.63) is 108 Å². The normalized spacial score (nSPS) is 11.9. The molecule has 7 heteroatoms. The smallest absolute Gasteiger partial charge is 0.261 e. The Morgan fingerprint density at radius 2 is 1.02 bits per heavy atom. The van der Waals surface area contributed by atoms with E-state index in [1.54, 1.807) is 5.30 Å². The molecule has 272 valence electrons. The average Bonchev–Trinajstić information content (AvgIpc) is 2.95. The zero-order chi connectivity index (χ0) is 36.6. The molecule has 49 heavy (non-hydrogen) atoms. The van der Waals surface area contributed by atoms with Gasteiger partial charge in [-0.2, -0.15) is 8.42 Å². The fourth-order valence-electron chi connectivity index (χ4n) is 6.25. The van der Waals surface area contributed by atoms with Crippen LogP contribution in [-0.2, 0) is 30.5 Å². The van der Waals surface area contributed by atoms with Crippen LogP contribution in [0, 0.1) is 0 Å². The molecule has 0 heterocycles. The second-order valence-electron chi connectivity index (χ2n) is 15.4. The summed E-state index contributed by atoms with van der Waals surface area (Å²) < 4.78 is 25.9. The molecule has 0 aliphatic heterocycles. The first-order chi connectivity index (χ1) is 22.0. The van der Waals surface area contributed by atoms with Crippen molar-refractivity contribution in [1.82, 2.24) is 0 Å². The molecule has 0 fully saturated rings. The Labute approximate surface area is 313 Å². The van der Waals surface area contributed by atoms with E-state index in [-0.39, 0.29) is 38.7 Å². The number of nitrogen functional groups attached to an aromatic ring is 1. The van der Waals surface area contributed by atoms with E-state index in [0.717, 1.165) is 11.3 Å². The third kappa shape index (κ3) is 13.7. The Hall–Kier alpha value is -2.32. The third-order valence-electron chi connectivity index (χ3n) is 7.93. The summed E-state index contributed by atoms with van der Waals surface area (Å²) in [6.07, 6.45) is 0.715. The van der Waals surface area contributed by atoms with Gasteiger partial charge in [-0.05, 0) is 72.8 Å². The molecule has 4 aromatic rings. The zero-order valence-electron chi connectivity index (χ0n) is 31.9. The van der Waals surface area contributed by atoms with Crippen LogP contribution in [0.25, 0.3) is 22.3 Å². The van der Waals surface area contributed by atoms with Gasteiger partial charge in [0.1, 0.15) is 0 Å². The summed E-state index contributed by atoms with van der Waals surface area (Å²) in [6, 6.07) is 32.3. The minimum absolute atomic E-state index is 0. The molecular formula is C42H60NO3PPdS. The van der Waals surface area contributed by atoms with Crippen LogP contribution in [0.4, 0.5) is 5.69 Å². The first kappa shape index (κ1) is 44.7. The Morgan fingerprint density at radius 1 is 0.633 bits per heavy atom. The Bertz CT molecular complexity index is 1670. The van der Waals surface area contributed by atoms with Crippen LogP contribution in [0.15, 0.2) is 91.0 Å². The van der Waals surface area contributed by atoms with Crippen LogP contribution in [0.2, 0.25) is 0 Å². The van der Waals surface area contributed by atoms with E-state index in [0.29, 0.717) is 24.0 Å². The van der Waals surface area contributed by atoms with Gasteiger partial charge in [-0.25, -0.2) is 0 Å². The number of nitrogens with two attached hydrogens (primary N) is 1. The summed E-state index contributed by atoms with van der Waals surface area (Å²) in [6.45, 7) is 28.6. The Kier molecular flexibility index (Phi) is 17.1. The van der Waals surface area contributed by atoms with Gasteiger partial charge in [0.25, 0.3) is 10.1 Å². The van der Waals surface area contributed by atoms with Gasteiger partial charge >= 0.3 is 0 Å². The fourth-order valence-corrected chi connectivity index (χ4v) is 10.4. The summed E-state index contributed by atoms with van der Waals surface area (Å²) in [7, 11) is -4.03. The minimum Gasteiger partial charge on any atom is -0.398 e. The van der Waals surface area contributed by atoms with Gasteiger partial charge in [-0.3, -0.25) is 4.55 Å². The Balaban J connectivity index is 0.000000517. The molecule has 0 saturated heterocycles. The number of hydrogen-bond donors (Lipinski definition) is 2. The van der Waals surface area contributed by atoms with Crippen LogP contribution < -0.4 is 11.0 Å². The molecule has 4 nitrogen and oxygen atoms in total. The van der Waals surface area contributed by atoms with Gasteiger partial charge in [0.15, 0.2) is 0 Å². The molecule has 0 saturated carbocycles. The molecule has 0 spiro atoms. The molecule has 0 aliphatic rings. The maximum atomic E-state index is 9.19. The van der Waals surface area contributed by atoms with Gasteiger partial charge in [0.2, 0.25) is 0 Å². The molecule has 0 aromatic heterocycles. The van der Waals surface area contributed by atoms with E-state index >= 15 is 0 Å². The number of hydrogen-bond acceptors (Lipinski definition) is 3. The summed E-state index contributed by atoms with van der Waals surface area (Å²) in [5.74, 6) is 1.55. The molecule has 0 unspecified atom stereocenters. The molecular weight excluding hydrogens is 736 g/mol. The molecule has 0 aliphatic carbocycles. The van der Waals surface area contributed by atoms with Crippen LogP contribution in [-0.4, -0.2) is 29.5 Å². The second-order valence-corrected chi connectivity index (χ2v) is 20.7. The molecule has 3 N–H and O–H groups in total. The van der Waals surface area contributed by atoms with E-state index in [4.69, 9.17) is 10.3 Å². The first-order valence-electron chi connectivity index (χ1n) is 16.9. The third-order valence-corrected chi connectivity index (χ3v) is 11.5. The van der Waals surface area contributed by atoms with Crippen molar-refractivity contribution in [2.75, 3.05) is 12.0 Å². The van der Waals surface area contributed by atoms with E-state index in [1.165, 1.54) is 33.4 Å². The van der Waals surface area contributed by atoms with Gasteiger partial charge in [-0.1, -0.05) is 176 Å². The van der Waals surface area contributed by atoms with Crippen molar-refractivity contribution in [2.45, 2.75) is 111 Å². The topological polar surface area (TPSA) is 80.4 Å². The van der Waals surface area contributed by atoms with Gasteiger partial charge in [0.05, 0.1) is 6.26 Å². The summed E-state index contributed by atoms with van der Waals surface area (Å²) in [5, 5.41) is 2.06. The van der Waals surface area contributed by atoms with E-state index in [2.05, 4.69) is 132 Å². The summed E-state index contributed by atoms with van der Waals surface area (Å²) in [5.41, 5.74) is 16.4. The average molecular weight is 796 g/mol. The van der Waals surface area contributed by atoms with Gasteiger partial charge in [-0.15, -0.1) is 0 Å². The zero-order valence-corrected chi connectivity index (χ0v) is 35.2. The minimum atomic E-state index is -3.67. The quantitative estimate of drug-likeness (QED) is 0.0881. The molecule has 4 aromatic carbocycles.